The third-order valence-corrected chi connectivity index (χ3v) is 3.03. The molecule has 2 aromatic carbocycles. The van der Waals surface area contributed by atoms with Gasteiger partial charge in [-0.3, -0.25) is 4.79 Å². The van der Waals surface area contributed by atoms with E-state index in [1.54, 1.807) is 6.21 Å². The second-order valence-corrected chi connectivity index (χ2v) is 4.54. The number of ether oxygens (including phenoxy) is 2. The molecule has 0 radical (unpaired) electrons. The lowest BCUT2D eigenvalue weighted by atomic mass is 10.1. The summed E-state index contributed by atoms with van der Waals surface area (Å²) in [6.07, 6.45) is 1.85. The van der Waals surface area contributed by atoms with E-state index in [4.69, 9.17) is 9.47 Å². The van der Waals surface area contributed by atoms with E-state index in [0.717, 1.165) is 11.1 Å². The topological polar surface area (TPSA) is 59.9 Å². The van der Waals surface area contributed by atoms with Gasteiger partial charge in [0.1, 0.15) is 0 Å². The summed E-state index contributed by atoms with van der Waals surface area (Å²) in [6, 6.07) is 15.0. The van der Waals surface area contributed by atoms with Crippen molar-refractivity contribution in [1.29, 1.82) is 0 Å². The van der Waals surface area contributed by atoms with Gasteiger partial charge < -0.3 is 9.47 Å². The van der Waals surface area contributed by atoms with Crippen LogP contribution >= 0.6 is 0 Å². The van der Waals surface area contributed by atoms with Crippen molar-refractivity contribution in [2.24, 2.45) is 5.10 Å². The molecule has 0 aromatic heterocycles. The molecule has 21 heavy (non-hydrogen) atoms. The number of hydrogen-bond donors (Lipinski definition) is 1. The van der Waals surface area contributed by atoms with Crippen molar-refractivity contribution >= 4 is 12.1 Å². The molecule has 1 N–H and O–H groups in total. The predicted octanol–water partition coefficient (Wildman–Crippen LogP) is 2.11. The van der Waals surface area contributed by atoms with Gasteiger partial charge in [0.15, 0.2) is 11.5 Å². The second kappa shape index (κ2) is 6.09. The molecule has 106 valence electrons. The number of hydrazone groups is 1. The first-order valence-corrected chi connectivity index (χ1v) is 6.57. The average Bonchev–Trinajstić information content (AvgIpc) is 2.97. The number of hydrogen-bond acceptors (Lipinski definition) is 4. The highest BCUT2D eigenvalue weighted by atomic mass is 16.7. The zero-order chi connectivity index (χ0) is 14.5. The molecule has 1 aliphatic heterocycles. The lowest BCUT2D eigenvalue weighted by molar-refractivity contribution is -0.120. The largest absolute Gasteiger partial charge is 0.454 e. The minimum absolute atomic E-state index is 0.165. The Bertz CT molecular complexity index is 668. The van der Waals surface area contributed by atoms with Crippen molar-refractivity contribution < 1.29 is 14.3 Å². The maximum absolute atomic E-state index is 11.8. The smallest absolute Gasteiger partial charge is 0.244 e. The fourth-order valence-electron chi connectivity index (χ4n) is 2.05. The van der Waals surface area contributed by atoms with E-state index in [1.807, 2.05) is 48.5 Å². The quantitative estimate of drug-likeness (QED) is 0.690. The van der Waals surface area contributed by atoms with Gasteiger partial charge in [-0.05, 0) is 17.7 Å². The lowest BCUT2D eigenvalue weighted by Crippen LogP contribution is -2.19. The van der Waals surface area contributed by atoms with Crippen molar-refractivity contribution in [2.45, 2.75) is 6.42 Å². The number of carbonyl (C=O) groups is 1. The average molecular weight is 282 g/mol. The zero-order valence-corrected chi connectivity index (χ0v) is 11.3. The Kier molecular flexibility index (Phi) is 3.82. The molecule has 0 unspecified atom stereocenters. The Balaban J connectivity index is 1.60. The second-order valence-electron chi connectivity index (χ2n) is 4.54. The monoisotopic (exact) mass is 282 g/mol. The zero-order valence-electron chi connectivity index (χ0n) is 11.3. The standard InChI is InChI=1S/C16H14N2O3/c19-15(9-12-5-2-1-3-6-12)18-17-10-13-7-4-8-14-16(13)21-11-20-14/h1-8,10H,9,11H2,(H,18,19)/b17-10+. The van der Waals surface area contributed by atoms with Crippen LogP contribution < -0.4 is 14.9 Å². The Hall–Kier alpha value is -2.82. The van der Waals surface area contributed by atoms with Crippen LogP contribution in [0, 0.1) is 0 Å². The molecule has 3 rings (SSSR count). The van der Waals surface area contributed by atoms with Gasteiger partial charge in [0.25, 0.3) is 0 Å². The fourth-order valence-corrected chi connectivity index (χ4v) is 2.05. The summed E-state index contributed by atoms with van der Waals surface area (Å²) in [4.78, 5) is 11.8. The van der Waals surface area contributed by atoms with Gasteiger partial charge >= 0.3 is 0 Å². The molecule has 0 fully saturated rings. The van der Waals surface area contributed by atoms with Crippen LogP contribution in [0.4, 0.5) is 0 Å². The number of rotatable bonds is 4. The van der Waals surface area contributed by atoms with Crippen LogP contribution in [0.2, 0.25) is 0 Å². The van der Waals surface area contributed by atoms with E-state index in [2.05, 4.69) is 10.5 Å². The van der Waals surface area contributed by atoms with Gasteiger partial charge in [0, 0.05) is 5.56 Å². The SMILES string of the molecule is O=C(Cc1ccccc1)N/N=C/c1cccc2c1OCO2. The van der Waals surface area contributed by atoms with Crippen LogP contribution in [0.1, 0.15) is 11.1 Å². The Morgan fingerprint density at radius 1 is 1.14 bits per heavy atom. The minimum Gasteiger partial charge on any atom is -0.454 e. The highest BCUT2D eigenvalue weighted by molar-refractivity contribution is 5.87. The summed E-state index contributed by atoms with van der Waals surface area (Å²) in [5.74, 6) is 1.18. The van der Waals surface area contributed by atoms with Crippen LogP contribution in [0.3, 0.4) is 0 Å². The van der Waals surface area contributed by atoms with Crippen LogP contribution in [0.5, 0.6) is 11.5 Å². The van der Waals surface area contributed by atoms with Crippen LogP contribution in [0.15, 0.2) is 53.6 Å². The van der Waals surface area contributed by atoms with Gasteiger partial charge in [-0.15, -0.1) is 0 Å². The fraction of sp³-hybridized carbons (Fsp3) is 0.125. The van der Waals surface area contributed by atoms with Crippen molar-refractivity contribution in [2.75, 3.05) is 6.79 Å². The van der Waals surface area contributed by atoms with Gasteiger partial charge in [-0.25, -0.2) is 5.43 Å². The van der Waals surface area contributed by atoms with Crippen molar-refractivity contribution in [3.8, 4) is 11.5 Å². The number of nitrogens with one attached hydrogen (secondary N) is 1. The third-order valence-electron chi connectivity index (χ3n) is 3.03. The van der Waals surface area contributed by atoms with E-state index < -0.39 is 0 Å². The van der Waals surface area contributed by atoms with Gasteiger partial charge in [-0.2, -0.15) is 5.10 Å². The maximum atomic E-state index is 11.8. The molecule has 0 spiro atoms. The lowest BCUT2D eigenvalue weighted by Gasteiger charge is -2.01. The molecule has 0 saturated heterocycles. The summed E-state index contributed by atoms with van der Waals surface area (Å²) < 4.78 is 10.6. The highest BCUT2D eigenvalue weighted by Gasteiger charge is 2.15. The van der Waals surface area contributed by atoms with E-state index in [0.29, 0.717) is 17.9 Å². The number of amides is 1. The molecule has 1 aliphatic rings. The normalized spacial score (nSPS) is 12.6. The van der Waals surface area contributed by atoms with Crippen LogP contribution in [0.25, 0.3) is 0 Å². The first-order valence-electron chi connectivity index (χ1n) is 6.57. The van der Waals surface area contributed by atoms with E-state index in [1.165, 1.54) is 0 Å². The van der Waals surface area contributed by atoms with Crippen LogP contribution in [-0.2, 0) is 11.2 Å². The maximum Gasteiger partial charge on any atom is 0.244 e. The van der Waals surface area contributed by atoms with E-state index in [-0.39, 0.29) is 12.7 Å². The Morgan fingerprint density at radius 3 is 2.86 bits per heavy atom. The van der Waals surface area contributed by atoms with E-state index in [9.17, 15) is 4.79 Å². The number of fused-ring (bicyclic) bond motifs is 1. The summed E-state index contributed by atoms with van der Waals surface area (Å²) in [6.45, 7) is 0.209. The molecular formula is C16H14N2O3. The minimum atomic E-state index is -0.165. The van der Waals surface area contributed by atoms with Gasteiger partial charge in [-0.1, -0.05) is 36.4 Å². The summed E-state index contributed by atoms with van der Waals surface area (Å²) in [7, 11) is 0. The van der Waals surface area contributed by atoms with Crippen molar-refractivity contribution in [3.63, 3.8) is 0 Å². The molecule has 1 amide bonds. The molecule has 5 heteroatoms. The molecule has 0 atom stereocenters. The molecule has 0 saturated carbocycles. The molecule has 1 heterocycles. The highest BCUT2D eigenvalue weighted by Crippen LogP contribution is 2.34. The summed E-state index contributed by atoms with van der Waals surface area (Å²) in [5, 5.41) is 3.96. The first-order chi connectivity index (χ1) is 10.3. The van der Waals surface area contributed by atoms with Crippen molar-refractivity contribution in [1.82, 2.24) is 5.43 Å². The summed E-state index contributed by atoms with van der Waals surface area (Å²) >= 11 is 0. The molecule has 2 aromatic rings. The Morgan fingerprint density at radius 2 is 2.00 bits per heavy atom. The number of carbonyl (C=O) groups excluding carboxylic acids is 1. The van der Waals surface area contributed by atoms with Gasteiger partial charge in [0.2, 0.25) is 12.7 Å². The van der Waals surface area contributed by atoms with Crippen LogP contribution in [-0.4, -0.2) is 18.9 Å². The summed E-state index contributed by atoms with van der Waals surface area (Å²) in [5.41, 5.74) is 4.22. The predicted molar refractivity (Wildman–Crippen MR) is 78.4 cm³/mol. The first kappa shape index (κ1) is 13.2. The molecule has 0 bridgehead atoms. The molecule has 5 nitrogen and oxygen atoms in total. The number of para-hydroxylation sites is 1. The van der Waals surface area contributed by atoms with Crippen molar-refractivity contribution in [3.05, 3.63) is 59.7 Å². The third kappa shape index (κ3) is 3.20. The molecular weight excluding hydrogens is 268 g/mol. The number of nitrogens with zero attached hydrogens (tertiary/aromatic N) is 1. The van der Waals surface area contributed by atoms with Gasteiger partial charge in [0.05, 0.1) is 12.6 Å². The Labute approximate surface area is 122 Å². The number of benzene rings is 2. The molecule has 0 aliphatic carbocycles. The van der Waals surface area contributed by atoms with E-state index >= 15 is 0 Å².